The van der Waals surface area contributed by atoms with Gasteiger partial charge in [-0.3, -0.25) is 4.99 Å². The van der Waals surface area contributed by atoms with Gasteiger partial charge in [0.2, 0.25) is 0 Å². The van der Waals surface area contributed by atoms with Crippen molar-refractivity contribution < 1.29 is 5.11 Å². The Morgan fingerprint density at radius 1 is 1.43 bits per heavy atom. The van der Waals surface area contributed by atoms with E-state index in [0.717, 1.165) is 10.6 Å². The highest BCUT2D eigenvalue weighted by atomic mass is 35.5. The second-order valence-corrected chi connectivity index (χ2v) is 6.32. The van der Waals surface area contributed by atoms with Gasteiger partial charge in [0.05, 0.1) is 10.9 Å². The molecule has 0 amide bonds. The average Bonchev–Trinajstić information content (AvgIpc) is 3.08. The smallest absolute Gasteiger partial charge is 0.191 e. The van der Waals surface area contributed by atoms with E-state index in [2.05, 4.69) is 15.6 Å². The summed E-state index contributed by atoms with van der Waals surface area (Å²) in [5, 5.41) is 16.4. The van der Waals surface area contributed by atoms with E-state index < -0.39 is 6.10 Å². The van der Waals surface area contributed by atoms with Crippen molar-refractivity contribution in [3.05, 3.63) is 45.4 Å². The summed E-state index contributed by atoms with van der Waals surface area (Å²) in [7, 11) is 3.70. The van der Waals surface area contributed by atoms with Crippen molar-refractivity contribution >= 4 is 28.9 Å². The molecule has 0 radical (unpaired) electrons. The van der Waals surface area contributed by atoms with Crippen LogP contribution in [0, 0.1) is 0 Å². The Labute approximate surface area is 133 Å². The molecule has 3 N–H and O–H groups in total. The minimum atomic E-state index is -0.601. The molecule has 2 aromatic rings. The molecular weight excluding hydrogens is 308 g/mol. The van der Waals surface area contributed by atoms with Crippen LogP contribution in [0.4, 0.5) is 0 Å². The standard InChI is InChI=1S/C14H19ClN4OS/c1-16-14(17-8-10-4-3-7-19(10)2)18-9-11(20)12-5-6-13(15)21-12/h3-7,11,20H,8-9H2,1-2H3,(H2,16,17,18). The number of thiophene rings is 1. The lowest BCUT2D eigenvalue weighted by atomic mass is 10.3. The van der Waals surface area contributed by atoms with E-state index in [9.17, 15) is 5.11 Å². The van der Waals surface area contributed by atoms with E-state index in [1.54, 1.807) is 13.1 Å². The average molecular weight is 327 g/mol. The zero-order valence-corrected chi connectivity index (χ0v) is 13.6. The number of aromatic nitrogens is 1. The summed E-state index contributed by atoms with van der Waals surface area (Å²) in [6, 6.07) is 7.66. The van der Waals surface area contributed by atoms with E-state index >= 15 is 0 Å². The third kappa shape index (κ3) is 4.49. The van der Waals surface area contributed by atoms with Crippen LogP contribution >= 0.6 is 22.9 Å². The van der Waals surface area contributed by atoms with Gasteiger partial charge in [-0.2, -0.15) is 0 Å². The van der Waals surface area contributed by atoms with Crippen molar-refractivity contribution in [3.8, 4) is 0 Å². The van der Waals surface area contributed by atoms with Crippen LogP contribution in [-0.4, -0.2) is 29.2 Å². The van der Waals surface area contributed by atoms with Crippen molar-refractivity contribution in [1.82, 2.24) is 15.2 Å². The molecule has 114 valence electrons. The molecule has 0 bridgehead atoms. The minimum Gasteiger partial charge on any atom is -0.386 e. The van der Waals surface area contributed by atoms with Crippen LogP contribution in [0.5, 0.6) is 0 Å². The van der Waals surface area contributed by atoms with E-state index in [0.29, 0.717) is 23.4 Å². The Morgan fingerprint density at radius 2 is 2.24 bits per heavy atom. The van der Waals surface area contributed by atoms with Gasteiger partial charge in [-0.25, -0.2) is 0 Å². The molecule has 0 saturated carbocycles. The summed E-state index contributed by atoms with van der Waals surface area (Å²) in [5.74, 6) is 0.651. The van der Waals surface area contributed by atoms with Crippen LogP contribution in [0.25, 0.3) is 0 Å². The number of hydrogen-bond acceptors (Lipinski definition) is 3. The number of aliphatic imine (C=N–C) groups is 1. The minimum absolute atomic E-state index is 0.379. The number of halogens is 1. The Bertz CT molecular complexity index is 608. The third-order valence-corrected chi connectivity index (χ3v) is 4.43. The summed E-state index contributed by atoms with van der Waals surface area (Å²) in [6.07, 6.45) is 1.40. The van der Waals surface area contributed by atoms with Crippen LogP contribution in [0.2, 0.25) is 4.34 Å². The molecule has 2 heterocycles. The second-order valence-electron chi connectivity index (χ2n) is 4.57. The molecule has 21 heavy (non-hydrogen) atoms. The number of aliphatic hydroxyl groups excluding tert-OH is 1. The van der Waals surface area contributed by atoms with Gasteiger partial charge in [0, 0.05) is 37.4 Å². The monoisotopic (exact) mass is 326 g/mol. The number of aryl methyl sites for hydroxylation is 1. The maximum atomic E-state index is 10.1. The predicted molar refractivity (Wildman–Crippen MR) is 87.9 cm³/mol. The van der Waals surface area contributed by atoms with Crippen LogP contribution in [0.3, 0.4) is 0 Å². The first-order valence-electron chi connectivity index (χ1n) is 6.58. The van der Waals surface area contributed by atoms with Crippen LogP contribution in [0.15, 0.2) is 35.5 Å². The van der Waals surface area contributed by atoms with Crippen molar-refractivity contribution in [2.45, 2.75) is 12.6 Å². The second kappa shape index (κ2) is 7.49. The molecule has 7 heteroatoms. The quantitative estimate of drug-likeness (QED) is 0.583. The van der Waals surface area contributed by atoms with Gasteiger partial charge in [-0.1, -0.05) is 11.6 Å². The highest BCUT2D eigenvalue weighted by molar-refractivity contribution is 7.16. The van der Waals surface area contributed by atoms with Gasteiger partial charge < -0.3 is 20.3 Å². The molecule has 0 saturated heterocycles. The van der Waals surface area contributed by atoms with Gasteiger partial charge in [-0.05, 0) is 24.3 Å². The van der Waals surface area contributed by atoms with Crippen LogP contribution < -0.4 is 10.6 Å². The Morgan fingerprint density at radius 3 is 2.81 bits per heavy atom. The number of nitrogens with zero attached hydrogens (tertiary/aromatic N) is 2. The lowest BCUT2D eigenvalue weighted by Gasteiger charge is -2.15. The number of hydrogen-bond donors (Lipinski definition) is 3. The molecule has 0 spiro atoms. The molecule has 2 rings (SSSR count). The topological polar surface area (TPSA) is 61.6 Å². The molecule has 5 nitrogen and oxygen atoms in total. The predicted octanol–water partition coefficient (Wildman–Crippen LogP) is 2.14. The first-order valence-corrected chi connectivity index (χ1v) is 7.77. The van der Waals surface area contributed by atoms with Gasteiger partial charge in [-0.15, -0.1) is 11.3 Å². The molecule has 0 aliphatic heterocycles. The molecule has 0 aliphatic carbocycles. The number of aliphatic hydroxyl groups is 1. The molecule has 0 aromatic carbocycles. The Kier molecular flexibility index (Phi) is 5.67. The molecule has 0 fully saturated rings. The van der Waals surface area contributed by atoms with Crippen LogP contribution in [-0.2, 0) is 13.6 Å². The summed E-state index contributed by atoms with van der Waals surface area (Å²) in [6.45, 7) is 1.05. The van der Waals surface area contributed by atoms with Gasteiger partial charge in [0.15, 0.2) is 5.96 Å². The van der Waals surface area contributed by atoms with E-state index in [1.165, 1.54) is 11.3 Å². The van der Waals surface area contributed by atoms with Crippen molar-refractivity contribution in [1.29, 1.82) is 0 Å². The SMILES string of the molecule is CN=C(NCc1cccn1C)NCC(O)c1ccc(Cl)s1. The summed E-state index contributed by atoms with van der Waals surface area (Å²) < 4.78 is 2.72. The van der Waals surface area contributed by atoms with E-state index in [-0.39, 0.29) is 0 Å². The zero-order chi connectivity index (χ0) is 15.2. The van der Waals surface area contributed by atoms with Crippen molar-refractivity contribution in [2.75, 3.05) is 13.6 Å². The van der Waals surface area contributed by atoms with Gasteiger partial charge >= 0.3 is 0 Å². The fourth-order valence-corrected chi connectivity index (χ4v) is 2.92. The maximum absolute atomic E-state index is 10.1. The summed E-state index contributed by atoms with van der Waals surface area (Å²) in [4.78, 5) is 4.98. The highest BCUT2D eigenvalue weighted by Crippen LogP contribution is 2.26. The fourth-order valence-electron chi connectivity index (χ4n) is 1.88. The highest BCUT2D eigenvalue weighted by Gasteiger charge is 2.11. The lowest BCUT2D eigenvalue weighted by Crippen LogP contribution is -2.39. The van der Waals surface area contributed by atoms with E-state index in [1.807, 2.05) is 36.0 Å². The first kappa shape index (κ1) is 15.9. The molecule has 1 unspecified atom stereocenters. The Balaban J connectivity index is 1.81. The molecule has 1 atom stereocenters. The number of nitrogens with one attached hydrogen (secondary N) is 2. The summed E-state index contributed by atoms with van der Waals surface area (Å²) in [5.41, 5.74) is 1.16. The molecule has 2 aromatic heterocycles. The first-order chi connectivity index (χ1) is 10.1. The van der Waals surface area contributed by atoms with Crippen molar-refractivity contribution in [2.24, 2.45) is 12.0 Å². The van der Waals surface area contributed by atoms with Gasteiger partial charge in [0.25, 0.3) is 0 Å². The van der Waals surface area contributed by atoms with Crippen molar-refractivity contribution in [3.63, 3.8) is 0 Å². The fraction of sp³-hybridized carbons (Fsp3) is 0.357. The normalized spacial score (nSPS) is 13.2. The van der Waals surface area contributed by atoms with Crippen LogP contribution in [0.1, 0.15) is 16.7 Å². The lowest BCUT2D eigenvalue weighted by molar-refractivity contribution is 0.184. The third-order valence-electron chi connectivity index (χ3n) is 3.10. The zero-order valence-electron chi connectivity index (χ0n) is 12.0. The largest absolute Gasteiger partial charge is 0.386 e. The number of guanidine groups is 1. The van der Waals surface area contributed by atoms with Gasteiger partial charge in [0.1, 0.15) is 6.10 Å². The molecule has 0 aliphatic rings. The molecular formula is C14H19ClN4OS. The number of rotatable bonds is 5. The summed E-state index contributed by atoms with van der Waals surface area (Å²) >= 11 is 7.24. The maximum Gasteiger partial charge on any atom is 0.191 e. The van der Waals surface area contributed by atoms with E-state index in [4.69, 9.17) is 11.6 Å². The Hall–Kier alpha value is -1.50.